The predicted octanol–water partition coefficient (Wildman–Crippen LogP) is 4.57. The van der Waals surface area contributed by atoms with Gasteiger partial charge in [0.15, 0.2) is 0 Å². The fraction of sp³-hybridized carbons (Fsp3) is 0.167. The van der Waals surface area contributed by atoms with Crippen LogP contribution in [0.5, 0.6) is 0 Å². The molecular weight excluding hydrogens is 430 g/mol. The molecule has 0 spiro atoms. The van der Waals surface area contributed by atoms with E-state index in [0.717, 1.165) is 21.2 Å². The van der Waals surface area contributed by atoms with Crippen molar-refractivity contribution in [2.24, 2.45) is 0 Å². The van der Waals surface area contributed by atoms with E-state index in [9.17, 15) is 14.7 Å². The molecule has 0 aliphatic heterocycles. The monoisotopic (exact) mass is 451 g/mol. The molecule has 148 valence electrons. The van der Waals surface area contributed by atoms with Crippen LogP contribution in [0.15, 0.2) is 89.4 Å². The van der Waals surface area contributed by atoms with Crippen LogP contribution in [-0.2, 0) is 21.4 Å². The second-order valence-electron chi connectivity index (χ2n) is 7.02. The van der Waals surface area contributed by atoms with Crippen LogP contribution >= 0.6 is 15.9 Å². The van der Waals surface area contributed by atoms with Gasteiger partial charge < -0.3 is 10.4 Å². The summed E-state index contributed by atoms with van der Waals surface area (Å²) >= 11 is 3.45. The Labute approximate surface area is 178 Å². The lowest BCUT2D eigenvalue weighted by molar-refractivity contribution is -0.142. The number of rotatable bonds is 7. The van der Waals surface area contributed by atoms with Crippen molar-refractivity contribution in [3.8, 4) is 0 Å². The highest BCUT2D eigenvalue weighted by Crippen LogP contribution is 2.32. The smallest absolute Gasteiger partial charge is 0.326 e. The number of hydrogen-bond donors (Lipinski definition) is 2. The third-order valence-corrected chi connectivity index (χ3v) is 5.92. The van der Waals surface area contributed by atoms with Crippen molar-refractivity contribution in [3.63, 3.8) is 0 Å². The van der Waals surface area contributed by atoms with E-state index in [4.69, 9.17) is 0 Å². The number of benzene rings is 3. The van der Waals surface area contributed by atoms with Crippen LogP contribution in [0.25, 0.3) is 0 Å². The van der Waals surface area contributed by atoms with E-state index in [1.165, 1.54) is 0 Å². The highest BCUT2D eigenvalue weighted by Gasteiger charge is 2.39. The lowest BCUT2D eigenvalue weighted by Gasteiger charge is -2.31. The third kappa shape index (κ3) is 4.57. The summed E-state index contributed by atoms with van der Waals surface area (Å²) in [5, 5.41) is 12.5. The van der Waals surface area contributed by atoms with Crippen molar-refractivity contribution in [1.82, 2.24) is 5.32 Å². The summed E-state index contributed by atoms with van der Waals surface area (Å²) in [6.07, 6.45) is 0.183. The van der Waals surface area contributed by atoms with Gasteiger partial charge in [-0.25, -0.2) is 4.79 Å². The number of carbonyl (C=O) groups excluding carboxylic acids is 1. The second-order valence-corrected chi connectivity index (χ2v) is 7.87. The van der Waals surface area contributed by atoms with Gasteiger partial charge in [0, 0.05) is 10.9 Å². The molecule has 5 heteroatoms. The van der Waals surface area contributed by atoms with Gasteiger partial charge in [-0.05, 0) is 29.7 Å². The van der Waals surface area contributed by atoms with Crippen LogP contribution in [-0.4, -0.2) is 23.0 Å². The van der Waals surface area contributed by atoms with E-state index in [1.807, 2.05) is 91.9 Å². The highest BCUT2D eigenvalue weighted by atomic mass is 79.9. The molecule has 0 saturated carbocycles. The molecule has 0 saturated heterocycles. The number of aliphatic carboxylic acids is 1. The molecule has 3 aromatic rings. The molecule has 0 aromatic heterocycles. The molecule has 1 amide bonds. The molecule has 3 rings (SSSR count). The Morgan fingerprint density at radius 1 is 0.897 bits per heavy atom. The zero-order chi connectivity index (χ0) is 20.9. The zero-order valence-electron chi connectivity index (χ0n) is 16.0. The Kier molecular flexibility index (Phi) is 6.49. The van der Waals surface area contributed by atoms with Gasteiger partial charge in [0.1, 0.15) is 6.04 Å². The molecule has 0 fully saturated rings. The van der Waals surface area contributed by atoms with Crippen LogP contribution in [0, 0.1) is 0 Å². The van der Waals surface area contributed by atoms with Crippen molar-refractivity contribution < 1.29 is 14.7 Å². The Morgan fingerprint density at radius 3 is 1.86 bits per heavy atom. The second kappa shape index (κ2) is 9.05. The number of halogens is 1. The number of carboxylic acid groups (broad SMARTS) is 1. The molecule has 4 nitrogen and oxygen atoms in total. The van der Waals surface area contributed by atoms with Crippen molar-refractivity contribution >= 4 is 27.8 Å². The first-order valence-electron chi connectivity index (χ1n) is 9.31. The SMILES string of the molecule is CC(C(=O)N[C@H](Cc1ccccc1Br)C(=O)O)(c1ccccc1)c1ccccc1. The Bertz CT molecular complexity index is 950. The number of carbonyl (C=O) groups is 2. The van der Waals surface area contributed by atoms with Crippen LogP contribution in [0.3, 0.4) is 0 Å². The zero-order valence-corrected chi connectivity index (χ0v) is 17.6. The third-order valence-electron chi connectivity index (χ3n) is 5.14. The summed E-state index contributed by atoms with van der Waals surface area (Å²) in [5.74, 6) is -1.42. The van der Waals surface area contributed by atoms with Gasteiger partial charge in [-0.15, -0.1) is 0 Å². The number of nitrogens with one attached hydrogen (secondary N) is 1. The van der Waals surface area contributed by atoms with Crippen molar-refractivity contribution in [2.75, 3.05) is 0 Å². The maximum absolute atomic E-state index is 13.5. The first-order valence-corrected chi connectivity index (χ1v) is 10.1. The lowest BCUT2D eigenvalue weighted by Crippen LogP contribution is -2.50. The molecule has 3 aromatic carbocycles. The topological polar surface area (TPSA) is 66.4 Å². The number of hydrogen-bond acceptors (Lipinski definition) is 2. The van der Waals surface area contributed by atoms with E-state index in [1.54, 1.807) is 0 Å². The number of amides is 1. The van der Waals surface area contributed by atoms with Gasteiger partial charge in [-0.2, -0.15) is 0 Å². The van der Waals surface area contributed by atoms with Gasteiger partial charge in [0.25, 0.3) is 0 Å². The minimum absolute atomic E-state index is 0.183. The fourth-order valence-corrected chi connectivity index (χ4v) is 3.80. The Morgan fingerprint density at radius 2 is 1.38 bits per heavy atom. The van der Waals surface area contributed by atoms with E-state index >= 15 is 0 Å². The minimum Gasteiger partial charge on any atom is -0.480 e. The number of carboxylic acids is 1. The summed E-state index contributed by atoms with van der Waals surface area (Å²) in [6, 6.07) is 25.2. The molecule has 0 radical (unpaired) electrons. The summed E-state index contributed by atoms with van der Waals surface area (Å²) in [7, 11) is 0. The normalized spacial score (nSPS) is 12.2. The average molecular weight is 452 g/mol. The van der Waals surface area contributed by atoms with Gasteiger partial charge >= 0.3 is 5.97 Å². The van der Waals surface area contributed by atoms with Gasteiger partial charge in [-0.1, -0.05) is 94.8 Å². The van der Waals surface area contributed by atoms with Crippen molar-refractivity contribution in [1.29, 1.82) is 0 Å². The van der Waals surface area contributed by atoms with E-state index < -0.39 is 17.4 Å². The average Bonchev–Trinajstić information content (AvgIpc) is 2.75. The summed E-state index contributed by atoms with van der Waals surface area (Å²) < 4.78 is 0.814. The first-order chi connectivity index (χ1) is 13.9. The fourth-order valence-electron chi connectivity index (χ4n) is 3.36. The van der Waals surface area contributed by atoms with Crippen LogP contribution in [0.4, 0.5) is 0 Å². The standard InChI is InChI=1S/C24H22BrNO3/c1-24(18-11-4-2-5-12-18,19-13-6-3-7-14-19)23(29)26-21(22(27)28)16-17-10-8-9-15-20(17)25/h2-15,21H,16H2,1H3,(H,26,29)(H,27,28)/t21-/m1/s1. The molecule has 0 heterocycles. The molecule has 0 aliphatic rings. The molecule has 2 N–H and O–H groups in total. The molecule has 0 bridgehead atoms. The largest absolute Gasteiger partial charge is 0.480 e. The Balaban J connectivity index is 1.95. The highest BCUT2D eigenvalue weighted by molar-refractivity contribution is 9.10. The summed E-state index contributed by atoms with van der Waals surface area (Å²) in [4.78, 5) is 25.4. The maximum Gasteiger partial charge on any atom is 0.326 e. The maximum atomic E-state index is 13.5. The van der Waals surface area contributed by atoms with Crippen LogP contribution < -0.4 is 5.32 Å². The van der Waals surface area contributed by atoms with Crippen LogP contribution in [0.1, 0.15) is 23.6 Å². The molecule has 0 unspecified atom stereocenters. The Hall–Kier alpha value is -2.92. The minimum atomic E-state index is -1.07. The molecular formula is C24H22BrNO3. The van der Waals surface area contributed by atoms with Gasteiger partial charge in [0.2, 0.25) is 5.91 Å². The summed E-state index contributed by atoms with van der Waals surface area (Å²) in [5.41, 5.74) is 1.40. The van der Waals surface area contributed by atoms with Crippen molar-refractivity contribution in [2.45, 2.75) is 24.8 Å². The molecule has 1 atom stereocenters. The quantitative estimate of drug-likeness (QED) is 0.552. The predicted molar refractivity (Wildman–Crippen MR) is 117 cm³/mol. The van der Waals surface area contributed by atoms with Gasteiger partial charge in [0.05, 0.1) is 5.41 Å². The molecule has 0 aliphatic carbocycles. The lowest BCUT2D eigenvalue weighted by atomic mass is 9.75. The van der Waals surface area contributed by atoms with E-state index in [2.05, 4.69) is 21.2 Å². The van der Waals surface area contributed by atoms with Crippen LogP contribution in [0.2, 0.25) is 0 Å². The van der Waals surface area contributed by atoms with Crippen molar-refractivity contribution in [3.05, 3.63) is 106 Å². The van der Waals surface area contributed by atoms with E-state index in [-0.39, 0.29) is 12.3 Å². The first kappa shape index (κ1) is 20.8. The summed E-state index contributed by atoms with van der Waals surface area (Å²) in [6.45, 7) is 1.82. The molecule has 29 heavy (non-hydrogen) atoms. The van der Waals surface area contributed by atoms with E-state index in [0.29, 0.717) is 0 Å². The van der Waals surface area contributed by atoms with Gasteiger partial charge in [-0.3, -0.25) is 4.79 Å².